The highest BCUT2D eigenvalue weighted by Crippen LogP contribution is 2.53. The first-order chi connectivity index (χ1) is 41.9. The van der Waals surface area contributed by atoms with E-state index in [1.165, 1.54) is 65.7 Å². The number of benzene rings is 11. The molecule has 0 saturated heterocycles. The fourth-order valence-electron chi connectivity index (χ4n) is 14.4. The van der Waals surface area contributed by atoms with Gasteiger partial charge in [0.15, 0.2) is 0 Å². The predicted octanol–water partition coefficient (Wildman–Crippen LogP) is 20.8. The summed E-state index contributed by atoms with van der Waals surface area (Å²) in [5.41, 5.74) is 27.8. The molecule has 0 aliphatic rings. The van der Waals surface area contributed by atoms with Crippen molar-refractivity contribution in [2.24, 2.45) is 0 Å². The zero-order valence-electron chi connectivity index (χ0n) is 49.5. The fraction of sp³-hybridized carbons (Fsp3) is 0.100. The molecule has 0 bridgehead atoms. The Morgan fingerprint density at radius 1 is 0.279 bits per heavy atom. The van der Waals surface area contributed by atoms with Crippen LogP contribution in [0.4, 0.5) is 0 Å². The second-order valence-corrected chi connectivity index (χ2v) is 24.0. The molecule has 0 amide bonds. The Morgan fingerprint density at radius 2 is 0.581 bits per heavy atom. The highest BCUT2D eigenvalue weighted by molar-refractivity contribution is 6.16. The molecule has 16 aromatic rings. The van der Waals surface area contributed by atoms with Crippen LogP contribution in [-0.2, 0) is 0 Å². The van der Waals surface area contributed by atoms with E-state index in [4.69, 9.17) is 4.98 Å². The molecule has 0 N–H and O–H groups in total. The summed E-state index contributed by atoms with van der Waals surface area (Å²) in [5, 5.41) is 22.2. The van der Waals surface area contributed by atoms with E-state index in [9.17, 15) is 5.26 Å². The van der Waals surface area contributed by atoms with Crippen molar-refractivity contribution >= 4 is 87.2 Å². The van der Waals surface area contributed by atoms with Gasteiger partial charge >= 0.3 is 0 Å². The van der Waals surface area contributed by atoms with Crippen molar-refractivity contribution < 1.29 is 0 Å². The summed E-state index contributed by atoms with van der Waals surface area (Å²) in [7, 11) is 0. The van der Waals surface area contributed by atoms with E-state index < -0.39 is 0 Å². The van der Waals surface area contributed by atoms with Crippen LogP contribution >= 0.6 is 0 Å². The Bertz CT molecular complexity index is 5470. The first-order valence-corrected chi connectivity index (χ1v) is 29.7. The Morgan fingerprint density at radius 3 is 0.942 bits per heavy atom. The molecule has 0 fully saturated rings. The van der Waals surface area contributed by atoms with E-state index in [0.29, 0.717) is 5.56 Å². The van der Waals surface area contributed by atoms with Crippen molar-refractivity contribution in [2.45, 2.75) is 55.4 Å². The molecule has 6 heteroatoms. The first kappa shape index (κ1) is 50.9. The lowest BCUT2D eigenvalue weighted by molar-refractivity contribution is 1.09. The average Bonchev–Trinajstić information content (AvgIpc) is 2.08. The number of nitrogens with zero attached hydrogens (tertiary/aromatic N) is 6. The molecule has 5 heterocycles. The standard InChI is InChI=1S/C80H60N6/c1-46-17-31-70-61(37-46)59-13-9-11-15-68(59)83(70)57-27-23-54(24-28-57)77-67(45-81)76(56-43-52(7)82-53(8)44-56)78(55-25-29-58(30-26-55)84-69-16-12-10-14-60(69)62-38-47(2)18-32-71(62)84)80(86-74-35-21-50(5)41-65(74)66-42-51(6)22-36-75(66)86)79(77)85-72-33-19-48(3)39-63(72)64-40-49(4)20-34-73(64)85/h9-44H,1-8H3. The minimum Gasteiger partial charge on any atom is -0.309 e. The van der Waals surface area contributed by atoms with Gasteiger partial charge in [-0.25, -0.2) is 0 Å². The van der Waals surface area contributed by atoms with Gasteiger partial charge in [-0.1, -0.05) is 130 Å². The monoisotopic (exact) mass is 1100 g/mol. The number of hydrogen-bond donors (Lipinski definition) is 0. The summed E-state index contributed by atoms with van der Waals surface area (Å²) in [6.07, 6.45) is 0. The van der Waals surface area contributed by atoms with Gasteiger partial charge in [-0.15, -0.1) is 0 Å². The molecule has 0 spiro atoms. The Hall–Kier alpha value is -10.7. The molecule has 86 heavy (non-hydrogen) atoms. The molecule has 0 atom stereocenters. The third kappa shape index (κ3) is 7.67. The topological polar surface area (TPSA) is 56.4 Å². The van der Waals surface area contributed by atoms with Crippen LogP contribution in [0.25, 0.3) is 143 Å². The van der Waals surface area contributed by atoms with Gasteiger partial charge in [0.05, 0.1) is 61.1 Å². The summed E-state index contributed by atoms with van der Waals surface area (Å²) >= 11 is 0. The van der Waals surface area contributed by atoms with Crippen molar-refractivity contribution in [1.29, 1.82) is 5.26 Å². The number of aromatic nitrogens is 5. The summed E-state index contributed by atoms with van der Waals surface area (Å²) in [5.74, 6) is 0. The second kappa shape index (κ2) is 19.2. The quantitative estimate of drug-likeness (QED) is 0.160. The van der Waals surface area contributed by atoms with Crippen LogP contribution in [-0.4, -0.2) is 23.3 Å². The minimum absolute atomic E-state index is 0.576. The third-order valence-corrected chi connectivity index (χ3v) is 18.0. The average molecular weight is 1110 g/mol. The zero-order valence-corrected chi connectivity index (χ0v) is 49.5. The molecule has 0 radical (unpaired) electrons. The highest BCUT2D eigenvalue weighted by atomic mass is 15.1. The fourth-order valence-corrected chi connectivity index (χ4v) is 14.4. The van der Waals surface area contributed by atoms with Gasteiger partial charge in [-0.3, -0.25) is 4.98 Å². The highest BCUT2D eigenvalue weighted by Gasteiger charge is 2.33. The molecule has 0 unspecified atom stereocenters. The lowest BCUT2D eigenvalue weighted by Gasteiger charge is -2.28. The van der Waals surface area contributed by atoms with Gasteiger partial charge < -0.3 is 18.3 Å². The number of aryl methyl sites for hydroxylation is 8. The van der Waals surface area contributed by atoms with E-state index in [2.05, 4.69) is 298 Å². The van der Waals surface area contributed by atoms with Gasteiger partial charge in [0.2, 0.25) is 0 Å². The lowest BCUT2D eigenvalue weighted by atomic mass is 9.82. The molecule has 5 aromatic heterocycles. The first-order valence-electron chi connectivity index (χ1n) is 29.7. The Labute approximate surface area is 499 Å². The van der Waals surface area contributed by atoms with E-state index in [1.54, 1.807) is 0 Å². The van der Waals surface area contributed by atoms with Gasteiger partial charge in [0.1, 0.15) is 6.07 Å². The van der Waals surface area contributed by atoms with E-state index in [1.807, 2.05) is 0 Å². The Balaban J connectivity index is 1.11. The molecule has 0 aliphatic carbocycles. The predicted molar refractivity (Wildman–Crippen MR) is 361 cm³/mol. The molecular formula is C80H60N6. The number of nitriles is 1. The third-order valence-electron chi connectivity index (χ3n) is 18.0. The van der Waals surface area contributed by atoms with E-state index in [-0.39, 0.29) is 0 Å². The number of para-hydroxylation sites is 2. The van der Waals surface area contributed by atoms with E-state index >= 15 is 0 Å². The normalized spacial score (nSPS) is 11.9. The summed E-state index contributed by atoms with van der Waals surface area (Å²) < 4.78 is 9.79. The van der Waals surface area contributed by atoms with Crippen LogP contribution in [0.1, 0.15) is 50.3 Å². The van der Waals surface area contributed by atoms with Crippen molar-refractivity contribution in [3.05, 3.63) is 269 Å². The van der Waals surface area contributed by atoms with Crippen LogP contribution in [0.15, 0.2) is 218 Å². The molecular weight excluding hydrogens is 1040 g/mol. The minimum atomic E-state index is 0.576. The van der Waals surface area contributed by atoms with Crippen LogP contribution in [0.2, 0.25) is 0 Å². The van der Waals surface area contributed by atoms with Crippen LogP contribution in [0.5, 0.6) is 0 Å². The molecule has 11 aromatic carbocycles. The molecule has 16 rings (SSSR count). The maximum absolute atomic E-state index is 12.6. The SMILES string of the molecule is Cc1ccc2c(c1)c1ccccc1n2-c1ccc(-c2c(C#N)c(-c3cc(C)nc(C)c3)c(-c3ccc(-n4c5ccccc5c5cc(C)ccc54)cc3)c(-n3c4ccc(C)cc4c4cc(C)ccc43)c2-n2c3ccc(C)cc3c3cc(C)ccc32)cc1. The van der Waals surface area contributed by atoms with Crippen molar-refractivity contribution in [3.8, 4) is 62.2 Å². The van der Waals surface area contributed by atoms with Crippen molar-refractivity contribution in [3.63, 3.8) is 0 Å². The smallest absolute Gasteiger partial charge is 0.101 e. The van der Waals surface area contributed by atoms with Gasteiger partial charge in [-0.2, -0.15) is 5.26 Å². The lowest BCUT2D eigenvalue weighted by Crippen LogP contribution is -2.12. The van der Waals surface area contributed by atoms with Crippen LogP contribution in [0, 0.1) is 66.7 Å². The van der Waals surface area contributed by atoms with Crippen LogP contribution in [0.3, 0.4) is 0 Å². The molecule has 0 aliphatic heterocycles. The van der Waals surface area contributed by atoms with Gasteiger partial charge in [0, 0.05) is 82.5 Å². The number of fused-ring (bicyclic) bond motifs is 12. The summed E-state index contributed by atoms with van der Waals surface area (Å²) in [4.78, 5) is 4.99. The summed E-state index contributed by atoms with van der Waals surface area (Å²) in [6, 6.07) is 83.9. The maximum Gasteiger partial charge on any atom is 0.101 e. The van der Waals surface area contributed by atoms with Crippen molar-refractivity contribution in [1.82, 2.24) is 23.3 Å². The summed E-state index contributed by atoms with van der Waals surface area (Å²) in [6.45, 7) is 17.2. The zero-order chi connectivity index (χ0) is 58.4. The molecule has 410 valence electrons. The van der Waals surface area contributed by atoms with Crippen molar-refractivity contribution in [2.75, 3.05) is 0 Å². The number of hydrogen-bond acceptors (Lipinski definition) is 2. The molecule has 0 saturated carbocycles. The second-order valence-electron chi connectivity index (χ2n) is 24.0. The molecule has 6 nitrogen and oxygen atoms in total. The number of rotatable bonds is 7. The van der Waals surface area contributed by atoms with Gasteiger partial charge in [0.25, 0.3) is 0 Å². The van der Waals surface area contributed by atoms with Crippen LogP contribution < -0.4 is 0 Å². The largest absolute Gasteiger partial charge is 0.309 e. The maximum atomic E-state index is 12.6. The number of pyridine rings is 1. The van der Waals surface area contributed by atoms with Gasteiger partial charge in [-0.05, 0) is 193 Å². The Kier molecular flexibility index (Phi) is 11.3. The van der Waals surface area contributed by atoms with E-state index in [0.717, 1.165) is 122 Å².